The van der Waals surface area contributed by atoms with E-state index in [1.807, 2.05) is 13.8 Å². The molecule has 20 heavy (non-hydrogen) atoms. The van der Waals surface area contributed by atoms with E-state index in [9.17, 15) is 9.59 Å². The van der Waals surface area contributed by atoms with E-state index in [2.05, 4.69) is 5.32 Å². The van der Waals surface area contributed by atoms with Gasteiger partial charge in [-0.1, -0.05) is 31.5 Å². The third-order valence-electron chi connectivity index (χ3n) is 2.89. The largest absolute Gasteiger partial charge is 0.479 e. The van der Waals surface area contributed by atoms with Gasteiger partial charge in [-0.3, -0.25) is 4.79 Å². The summed E-state index contributed by atoms with van der Waals surface area (Å²) in [6.45, 7) is 3.92. The van der Waals surface area contributed by atoms with Gasteiger partial charge in [0.2, 0.25) is 0 Å². The van der Waals surface area contributed by atoms with E-state index < -0.39 is 12.1 Å². The highest BCUT2D eigenvalue weighted by atomic mass is 35.5. The lowest BCUT2D eigenvalue weighted by Crippen LogP contribution is -2.37. The first-order valence-electron chi connectivity index (χ1n) is 6.20. The van der Waals surface area contributed by atoms with Crippen LogP contribution in [-0.4, -0.2) is 36.7 Å². The van der Waals surface area contributed by atoms with Gasteiger partial charge in [0, 0.05) is 17.7 Å². The third-order valence-corrected chi connectivity index (χ3v) is 3.22. The minimum absolute atomic E-state index is 0.103. The van der Waals surface area contributed by atoms with Gasteiger partial charge in [0.25, 0.3) is 5.91 Å². The second-order valence-electron chi connectivity index (χ2n) is 4.66. The van der Waals surface area contributed by atoms with Crippen molar-refractivity contribution < 1.29 is 19.4 Å². The summed E-state index contributed by atoms with van der Waals surface area (Å²) < 4.78 is 4.73. The number of benzene rings is 1. The summed E-state index contributed by atoms with van der Waals surface area (Å²) in [6.07, 6.45) is -1.07. The van der Waals surface area contributed by atoms with E-state index in [4.69, 9.17) is 21.4 Å². The van der Waals surface area contributed by atoms with Crippen LogP contribution in [0.5, 0.6) is 0 Å². The van der Waals surface area contributed by atoms with Gasteiger partial charge in [0.1, 0.15) is 0 Å². The molecule has 1 atom stereocenters. The SMILES string of the molecule is COC(CNC(=O)c1ccc(C(C)C)c(Cl)c1)C(=O)O. The van der Waals surface area contributed by atoms with Gasteiger partial charge in [0.05, 0.1) is 6.54 Å². The molecule has 110 valence electrons. The van der Waals surface area contributed by atoms with Crippen LogP contribution in [0.15, 0.2) is 18.2 Å². The number of ether oxygens (including phenoxy) is 1. The molecular weight excluding hydrogens is 282 g/mol. The van der Waals surface area contributed by atoms with Crippen LogP contribution < -0.4 is 5.32 Å². The molecule has 0 spiro atoms. The molecule has 2 N–H and O–H groups in total. The Morgan fingerprint density at radius 3 is 2.50 bits per heavy atom. The highest BCUT2D eigenvalue weighted by Gasteiger charge is 2.18. The lowest BCUT2D eigenvalue weighted by Gasteiger charge is -2.13. The van der Waals surface area contributed by atoms with Crippen molar-refractivity contribution in [1.82, 2.24) is 5.32 Å². The first-order chi connectivity index (χ1) is 9.36. The first kappa shape index (κ1) is 16.5. The summed E-state index contributed by atoms with van der Waals surface area (Å²) in [7, 11) is 1.28. The molecule has 0 aliphatic rings. The van der Waals surface area contributed by atoms with Crippen molar-refractivity contribution in [2.24, 2.45) is 0 Å². The van der Waals surface area contributed by atoms with Gasteiger partial charge in [-0.15, -0.1) is 0 Å². The summed E-state index contributed by atoms with van der Waals surface area (Å²) in [4.78, 5) is 22.7. The monoisotopic (exact) mass is 299 g/mol. The molecule has 1 rings (SSSR count). The zero-order valence-electron chi connectivity index (χ0n) is 11.6. The van der Waals surface area contributed by atoms with Crippen molar-refractivity contribution in [3.63, 3.8) is 0 Å². The van der Waals surface area contributed by atoms with E-state index in [-0.39, 0.29) is 18.4 Å². The molecule has 0 aromatic heterocycles. The molecule has 5 nitrogen and oxygen atoms in total. The highest BCUT2D eigenvalue weighted by molar-refractivity contribution is 6.31. The molecule has 1 aromatic rings. The van der Waals surface area contributed by atoms with E-state index in [1.165, 1.54) is 7.11 Å². The maximum Gasteiger partial charge on any atom is 0.334 e. The fourth-order valence-electron chi connectivity index (χ4n) is 1.70. The van der Waals surface area contributed by atoms with Crippen molar-refractivity contribution >= 4 is 23.5 Å². The van der Waals surface area contributed by atoms with Crippen LogP contribution in [0.3, 0.4) is 0 Å². The van der Waals surface area contributed by atoms with Gasteiger partial charge in [-0.05, 0) is 23.6 Å². The number of hydrogen-bond acceptors (Lipinski definition) is 3. The summed E-state index contributed by atoms with van der Waals surface area (Å²) >= 11 is 6.11. The van der Waals surface area contributed by atoms with Gasteiger partial charge >= 0.3 is 5.97 Å². The molecule has 0 saturated heterocycles. The zero-order valence-corrected chi connectivity index (χ0v) is 12.4. The third kappa shape index (κ3) is 4.21. The molecule has 0 bridgehead atoms. The number of hydrogen-bond donors (Lipinski definition) is 2. The molecule has 1 unspecified atom stereocenters. The van der Waals surface area contributed by atoms with Crippen LogP contribution >= 0.6 is 11.6 Å². The molecule has 0 saturated carbocycles. The van der Waals surface area contributed by atoms with Crippen molar-refractivity contribution in [3.05, 3.63) is 34.3 Å². The maximum absolute atomic E-state index is 11.9. The Labute approximate surface area is 122 Å². The second kappa shape index (κ2) is 7.26. The Morgan fingerprint density at radius 2 is 2.05 bits per heavy atom. The molecule has 1 aromatic carbocycles. The Morgan fingerprint density at radius 1 is 1.40 bits per heavy atom. The average molecular weight is 300 g/mol. The van der Waals surface area contributed by atoms with E-state index in [0.717, 1.165) is 5.56 Å². The van der Waals surface area contributed by atoms with Crippen molar-refractivity contribution in [3.8, 4) is 0 Å². The van der Waals surface area contributed by atoms with E-state index >= 15 is 0 Å². The van der Waals surface area contributed by atoms with Crippen LogP contribution in [0.1, 0.15) is 35.7 Å². The Hall–Kier alpha value is -1.59. The van der Waals surface area contributed by atoms with E-state index in [0.29, 0.717) is 10.6 Å². The molecule has 0 heterocycles. The number of nitrogens with one attached hydrogen (secondary N) is 1. The van der Waals surface area contributed by atoms with Crippen LogP contribution in [0.2, 0.25) is 5.02 Å². The van der Waals surface area contributed by atoms with Crippen molar-refractivity contribution in [2.45, 2.75) is 25.9 Å². The lowest BCUT2D eigenvalue weighted by atomic mass is 10.0. The van der Waals surface area contributed by atoms with Crippen LogP contribution in [0.4, 0.5) is 0 Å². The number of carboxylic acids is 1. The summed E-state index contributed by atoms with van der Waals surface area (Å²) in [5.41, 5.74) is 1.35. The lowest BCUT2D eigenvalue weighted by molar-refractivity contribution is -0.148. The van der Waals surface area contributed by atoms with Gasteiger partial charge in [-0.2, -0.15) is 0 Å². The average Bonchev–Trinajstić information content (AvgIpc) is 2.38. The van der Waals surface area contributed by atoms with Crippen molar-refractivity contribution in [1.29, 1.82) is 0 Å². The molecule has 0 aliphatic carbocycles. The number of carbonyl (C=O) groups is 2. The smallest absolute Gasteiger partial charge is 0.334 e. The highest BCUT2D eigenvalue weighted by Crippen LogP contribution is 2.25. The predicted octanol–water partition coefficient (Wildman–Crippen LogP) is 2.29. The fourth-order valence-corrected chi connectivity index (χ4v) is 2.09. The Balaban J connectivity index is 2.73. The molecular formula is C14H18ClNO4. The maximum atomic E-state index is 11.9. The standard InChI is InChI=1S/C14H18ClNO4/c1-8(2)10-5-4-9(6-11(10)15)13(17)16-7-12(20-3)14(18)19/h4-6,8,12H,7H2,1-3H3,(H,16,17)(H,18,19). The number of halogens is 1. The first-order valence-corrected chi connectivity index (χ1v) is 6.57. The topological polar surface area (TPSA) is 75.6 Å². The van der Waals surface area contributed by atoms with E-state index in [1.54, 1.807) is 18.2 Å². The van der Waals surface area contributed by atoms with Gasteiger partial charge < -0.3 is 15.2 Å². The number of rotatable bonds is 6. The molecule has 0 fully saturated rings. The quantitative estimate of drug-likeness (QED) is 0.845. The van der Waals surface area contributed by atoms with Crippen LogP contribution in [0, 0.1) is 0 Å². The minimum Gasteiger partial charge on any atom is -0.479 e. The minimum atomic E-state index is -1.12. The van der Waals surface area contributed by atoms with Gasteiger partial charge in [-0.25, -0.2) is 4.79 Å². The van der Waals surface area contributed by atoms with Crippen LogP contribution in [-0.2, 0) is 9.53 Å². The van der Waals surface area contributed by atoms with Crippen LogP contribution in [0.25, 0.3) is 0 Å². The molecule has 0 aliphatic heterocycles. The number of carboxylic acid groups (broad SMARTS) is 1. The Kier molecular flexibility index (Phi) is 5.98. The summed E-state index contributed by atoms with van der Waals surface area (Å²) in [6, 6.07) is 5.04. The fraction of sp³-hybridized carbons (Fsp3) is 0.429. The second-order valence-corrected chi connectivity index (χ2v) is 5.07. The molecule has 1 amide bonds. The molecule has 6 heteroatoms. The normalized spacial score (nSPS) is 12.2. The number of amides is 1. The summed E-state index contributed by atoms with van der Waals surface area (Å²) in [5, 5.41) is 11.8. The van der Waals surface area contributed by atoms with Crippen molar-refractivity contribution in [2.75, 3.05) is 13.7 Å². The predicted molar refractivity (Wildman–Crippen MR) is 76.3 cm³/mol. The number of carbonyl (C=O) groups excluding carboxylic acids is 1. The molecule has 0 radical (unpaired) electrons. The zero-order chi connectivity index (χ0) is 15.3. The Bertz CT molecular complexity index is 502. The number of aliphatic carboxylic acids is 1. The summed E-state index contributed by atoms with van der Waals surface area (Å²) in [5.74, 6) is -1.24. The number of methoxy groups -OCH3 is 1. The van der Waals surface area contributed by atoms with Gasteiger partial charge in [0.15, 0.2) is 6.10 Å².